The van der Waals surface area contributed by atoms with Crippen molar-refractivity contribution < 1.29 is 14.6 Å². The molecular weight excluding hydrogens is 360 g/mol. The highest BCUT2D eigenvalue weighted by Crippen LogP contribution is 2.48. The van der Waals surface area contributed by atoms with E-state index in [9.17, 15) is 9.90 Å². The van der Waals surface area contributed by atoms with Crippen molar-refractivity contribution in [2.75, 3.05) is 0 Å². The van der Waals surface area contributed by atoms with E-state index in [1.165, 1.54) is 5.56 Å². The Balaban J connectivity index is 2.04. The smallest absolute Gasteiger partial charge is 0.340 e. The molecule has 0 saturated heterocycles. The molecule has 0 radical (unpaired) electrons. The molecule has 0 aromatic heterocycles. The molecule has 1 N–H and O–H groups in total. The van der Waals surface area contributed by atoms with Gasteiger partial charge in [-0.2, -0.15) is 0 Å². The van der Waals surface area contributed by atoms with Gasteiger partial charge in [0.15, 0.2) is 5.60 Å². The van der Waals surface area contributed by atoms with E-state index < -0.39 is 5.60 Å². The molecule has 3 aromatic carbocycles. The van der Waals surface area contributed by atoms with E-state index in [0.29, 0.717) is 11.5 Å². The summed E-state index contributed by atoms with van der Waals surface area (Å²) >= 11 is 0. The Kier molecular flexibility index (Phi) is 4.70. The molecule has 4 rings (SSSR count). The van der Waals surface area contributed by atoms with Crippen LogP contribution in [0, 0.1) is 0 Å². The van der Waals surface area contributed by atoms with Crippen LogP contribution in [-0.2, 0) is 10.3 Å². The summed E-state index contributed by atoms with van der Waals surface area (Å²) in [7, 11) is 0. The largest absolute Gasteiger partial charge is 0.508 e. The van der Waals surface area contributed by atoms with Gasteiger partial charge in [-0.05, 0) is 41.2 Å². The number of cyclic esters (lactones) is 1. The van der Waals surface area contributed by atoms with Crippen LogP contribution in [0.4, 0.5) is 0 Å². The topological polar surface area (TPSA) is 46.5 Å². The lowest BCUT2D eigenvalue weighted by molar-refractivity contribution is 0.0251. The van der Waals surface area contributed by atoms with Gasteiger partial charge in [0.05, 0.1) is 5.56 Å². The van der Waals surface area contributed by atoms with E-state index in [-0.39, 0.29) is 17.6 Å². The lowest BCUT2D eigenvalue weighted by Crippen LogP contribution is -2.30. The number of esters is 1. The Bertz CT molecular complexity index is 1080. The summed E-state index contributed by atoms with van der Waals surface area (Å²) < 4.78 is 6.18. The lowest BCUT2D eigenvalue weighted by Gasteiger charge is -2.31. The zero-order chi connectivity index (χ0) is 20.8. The van der Waals surface area contributed by atoms with E-state index in [4.69, 9.17) is 4.74 Å². The van der Waals surface area contributed by atoms with Crippen LogP contribution in [-0.4, -0.2) is 11.1 Å². The quantitative estimate of drug-likeness (QED) is 0.551. The van der Waals surface area contributed by atoms with Gasteiger partial charge in [-0.3, -0.25) is 0 Å². The van der Waals surface area contributed by atoms with Gasteiger partial charge in [-0.1, -0.05) is 76.2 Å². The minimum absolute atomic E-state index is 0.140. The summed E-state index contributed by atoms with van der Waals surface area (Å²) in [4.78, 5) is 12.9. The molecule has 3 heteroatoms. The van der Waals surface area contributed by atoms with Gasteiger partial charge in [0.25, 0.3) is 0 Å². The predicted octanol–water partition coefficient (Wildman–Crippen LogP) is 6.10. The Morgan fingerprint density at radius 1 is 0.828 bits per heavy atom. The first kappa shape index (κ1) is 19.3. The minimum Gasteiger partial charge on any atom is -0.508 e. The Morgan fingerprint density at radius 2 is 1.55 bits per heavy atom. The van der Waals surface area contributed by atoms with Crippen LogP contribution in [0.2, 0.25) is 0 Å². The number of rotatable bonds is 4. The van der Waals surface area contributed by atoms with Gasteiger partial charge in [-0.25, -0.2) is 4.79 Å². The first-order valence-electron chi connectivity index (χ1n) is 10.1. The van der Waals surface area contributed by atoms with E-state index in [0.717, 1.165) is 22.3 Å². The van der Waals surface area contributed by atoms with Crippen LogP contribution in [0.1, 0.15) is 77.7 Å². The molecule has 29 heavy (non-hydrogen) atoms. The summed E-state index contributed by atoms with van der Waals surface area (Å²) in [5.74, 6) is 0.425. The van der Waals surface area contributed by atoms with Crippen molar-refractivity contribution in [3.63, 3.8) is 0 Å². The van der Waals surface area contributed by atoms with Crippen LogP contribution in [0.25, 0.3) is 0 Å². The highest BCUT2D eigenvalue weighted by atomic mass is 16.6. The minimum atomic E-state index is -1.03. The third-order valence-electron chi connectivity index (χ3n) is 5.79. The zero-order valence-electron chi connectivity index (χ0n) is 17.3. The highest BCUT2D eigenvalue weighted by Gasteiger charge is 2.48. The fourth-order valence-corrected chi connectivity index (χ4v) is 4.17. The summed E-state index contributed by atoms with van der Waals surface area (Å²) in [6.07, 6.45) is 0. The maximum Gasteiger partial charge on any atom is 0.340 e. The maximum absolute atomic E-state index is 12.9. The predicted molar refractivity (Wildman–Crippen MR) is 114 cm³/mol. The monoisotopic (exact) mass is 386 g/mol. The van der Waals surface area contributed by atoms with Crippen LogP contribution < -0.4 is 0 Å². The number of ether oxygens (including phenoxy) is 1. The molecule has 1 heterocycles. The van der Waals surface area contributed by atoms with Crippen LogP contribution >= 0.6 is 0 Å². The number of benzene rings is 3. The highest BCUT2D eigenvalue weighted by molar-refractivity contribution is 5.96. The van der Waals surface area contributed by atoms with Crippen molar-refractivity contribution in [1.82, 2.24) is 0 Å². The average Bonchev–Trinajstić information content (AvgIpc) is 3.02. The molecule has 1 unspecified atom stereocenters. The Morgan fingerprint density at radius 3 is 2.28 bits per heavy atom. The Hall–Kier alpha value is -3.07. The molecule has 3 nitrogen and oxygen atoms in total. The van der Waals surface area contributed by atoms with E-state index in [1.807, 2.05) is 62.4 Å². The van der Waals surface area contributed by atoms with Gasteiger partial charge in [0, 0.05) is 16.7 Å². The summed E-state index contributed by atoms with van der Waals surface area (Å²) in [5.41, 5.74) is 4.18. The number of fused-ring (bicyclic) bond motifs is 1. The average molecular weight is 386 g/mol. The van der Waals surface area contributed by atoms with Gasteiger partial charge in [-0.15, -0.1) is 0 Å². The number of phenolic OH excluding ortho intramolecular Hbond substituents is 1. The van der Waals surface area contributed by atoms with Gasteiger partial charge < -0.3 is 9.84 Å². The third kappa shape index (κ3) is 3.02. The number of aromatic hydroxyl groups is 1. The number of carbonyl (C=O) groups is 1. The second-order valence-electron chi connectivity index (χ2n) is 8.32. The molecule has 0 aliphatic carbocycles. The number of hydrogen-bond acceptors (Lipinski definition) is 3. The Labute approximate surface area is 172 Å². The normalized spacial score (nSPS) is 18.2. The summed E-state index contributed by atoms with van der Waals surface area (Å²) in [5, 5.41) is 10.4. The van der Waals surface area contributed by atoms with Gasteiger partial charge >= 0.3 is 5.97 Å². The van der Waals surface area contributed by atoms with Crippen molar-refractivity contribution in [2.45, 2.75) is 45.1 Å². The van der Waals surface area contributed by atoms with Crippen LogP contribution in [0.5, 0.6) is 5.75 Å². The van der Waals surface area contributed by atoms with Crippen molar-refractivity contribution in [3.8, 4) is 5.75 Å². The molecule has 0 fully saturated rings. The molecule has 1 aliphatic heterocycles. The van der Waals surface area contributed by atoms with Gasteiger partial charge in [0.2, 0.25) is 0 Å². The molecule has 0 amide bonds. The van der Waals surface area contributed by atoms with E-state index in [2.05, 4.69) is 26.0 Å². The first-order chi connectivity index (χ1) is 13.8. The summed E-state index contributed by atoms with van der Waals surface area (Å²) in [6.45, 7) is 8.38. The first-order valence-corrected chi connectivity index (χ1v) is 10.1. The SMILES string of the molecule is CC(C)c1cccc(C2(c3ccc(O)c(C(C)C)c3)OC(=O)c3ccccc32)c1. The molecule has 0 saturated carbocycles. The molecular formula is C26H26O3. The fourth-order valence-electron chi connectivity index (χ4n) is 4.17. The van der Waals surface area contributed by atoms with Crippen LogP contribution in [0.3, 0.4) is 0 Å². The van der Waals surface area contributed by atoms with Gasteiger partial charge in [0.1, 0.15) is 5.75 Å². The maximum atomic E-state index is 12.9. The molecule has 3 aromatic rings. The molecule has 1 aliphatic rings. The van der Waals surface area contributed by atoms with E-state index >= 15 is 0 Å². The van der Waals surface area contributed by atoms with Crippen molar-refractivity contribution in [3.05, 3.63) is 100 Å². The molecule has 0 spiro atoms. The van der Waals surface area contributed by atoms with Crippen LogP contribution in [0.15, 0.2) is 66.7 Å². The second kappa shape index (κ2) is 7.07. The van der Waals surface area contributed by atoms with E-state index in [1.54, 1.807) is 6.07 Å². The number of phenols is 1. The standard InChI is InChI=1S/C26H26O3/c1-16(2)18-8-7-9-19(14-18)26(20-12-13-24(27)22(15-20)17(3)4)23-11-6-5-10-21(23)25(28)29-26/h5-17,27H,1-4H3. The number of carbonyl (C=O) groups excluding carboxylic acids is 1. The van der Waals surface area contributed by atoms with Crippen molar-refractivity contribution in [2.24, 2.45) is 0 Å². The molecule has 1 atom stereocenters. The molecule has 148 valence electrons. The third-order valence-corrected chi connectivity index (χ3v) is 5.79. The summed E-state index contributed by atoms with van der Waals surface area (Å²) in [6, 6.07) is 21.4. The van der Waals surface area contributed by atoms with Crippen molar-refractivity contribution in [1.29, 1.82) is 0 Å². The second-order valence-corrected chi connectivity index (χ2v) is 8.32. The lowest BCUT2D eigenvalue weighted by atomic mass is 9.78. The van der Waals surface area contributed by atoms with Crippen molar-refractivity contribution >= 4 is 5.97 Å². The fraction of sp³-hybridized carbons (Fsp3) is 0.269. The number of hydrogen-bond donors (Lipinski definition) is 1. The zero-order valence-corrected chi connectivity index (χ0v) is 17.3. The molecule has 0 bridgehead atoms.